The second-order valence-corrected chi connectivity index (χ2v) is 3.03. The molecule has 0 amide bonds. The fraction of sp³-hybridized carbons (Fsp3) is 0.222. The molecular weight excluding hydrogens is 197 g/mol. The second kappa shape index (κ2) is 4.04. The van der Waals surface area contributed by atoms with Gasteiger partial charge in [0.05, 0.1) is 19.3 Å². The predicted molar refractivity (Wildman–Crippen MR) is 52.5 cm³/mol. The molecule has 1 heterocycles. The first-order chi connectivity index (χ1) is 7.25. The van der Waals surface area contributed by atoms with Crippen molar-refractivity contribution in [2.24, 2.45) is 7.05 Å². The lowest BCUT2D eigenvalue weighted by Gasteiger charge is -2.03. The van der Waals surface area contributed by atoms with E-state index in [0.29, 0.717) is 18.1 Å². The number of para-hydroxylation sites is 1. The van der Waals surface area contributed by atoms with Gasteiger partial charge in [0.2, 0.25) is 0 Å². The lowest BCUT2D eigenvalue weighted by atomic mass is 10.3. The van der Waals surface area contributed by atoms with Gasteiger partial charge in [-0.3, -0.25) is 0 Å². The summed E-state index contributed by atoms with van der Waals surface area (Å²) in [6.45, 7) is 0.356. The molecule has 0 saturated carbocycles. The maximum Gasteiger partial charge on any atom is 0.193 e. The monoisotopic (exact) mass is 207 g/mol. The molecule has 2 rings (SSSR count). The van der Waals surface area contributed by atoms with Crippen molar-refractivity contribution < 1.29 is 4.39 Å². The fourth-order valence-corrected chi connectivity index (χ4v) is 1.17. The van der Waals surface area contributed by atoms with E-state index in [1.807, 2.05) is 0 Å². The van der Waals surface area contributed by atoms with Crippen molar-refractivity contribution in [3.05, 3.63) is 35.9 Å². The van der Waals surface area contributed by atoms with E-state index in [9.17, 15) is 4.39 Å². The van der Waals surface area contributed by atoms with Crippen LogP contribution < -0.4 is 5.32 Å². The predicted octanol–water partition coefficient (Wildman–Crippen LogP) is 0.961. The SMILES string of the molecule is Cn1nnc(CNc2ccccc2F)n1. The summed E-state index contributed by atoms with van der Waals surface area (Å²) in [4.78, 5) is 1.36. The van der Waals surface area contributed by atoms with E-state index in [-0.39, 0.29) is 5.82 Å². The van der Waals surface area contributed by atoms with Gasteiger partial charge < -0.3 is 5.32 Å². The third-order valence-corrected chi connectivity index (χ3v) is 1.86. The minimum atomic E-state index is -0.290. The minimum Gasteiger partial charge on any atom is -0.375 e. The van der Waals surface area contributed by atoms with Crippen molar-refractivity contribution in [1.82, 2.24) is 20.2 Å². The van der Waals surface area contributed by atoms with Crippen LogP contribution in [0.2, 0.25) is 0 Å². The molecule has 6 heteroatoms. The first kappa shape index (κ1) is 9.57. The van der Waals surface area contributed by atoms with Gasteiger partial charge in [-0.05, 0) is 17.3 Å². The molecule has 0 aliphatic heterocycles. The van der Waals surface area contributed by atoms with E-state index >= 15 is 0 Å². The summed E-state index contributed by atoms with van der Waals surface area (Å²) in [5, 5.41) is 14.3. The maximum absolute atomic E-state index is 13.2. The third-order valence-electron chi connectivity index (χ3n) is 1.86. The third kappa shape index (κ3) is 2.28. The molecule has 0 atom stereocenters. The summed E-state index contributed by atoms with van der Waals surface area (Å²) in [5.74, 6) is 0.238. The van der Waals surface area contributed by atoms with Crippen LogP contribution in [0.1, 0.15) is 5.82 Å². The number of aryl methyl sites for hydroxylation is 1. The van der Waals surface area contributed by atoms with Gasteiger partial charge in [-0.1, -0.05) is 12.1 Å². The Balaban J connectivity index is 2.02. The average Bonchev–Trinajstić information content (AvgIpc) is 2.63. The van der Waals surface area contributed by atoms with Gasteiger partial charge in [0, 0.05) is 0 Å². The summed E-state index contributed by atoms with van der Waals surface area (Å²) >= 11 is 0. The maximum atomic E-state index is 13.2. The topological polar surface area (TPSA) is 55.6 Å². The lowest BCUT2D eigenvalue weighted by Crippen LogP contribution is -2.03. The van der Waals surface area contributed by atoms with Crippen LogP contribution in [0.25, 0.3) is 0 Å². The molecule has 0 fully saturated rings. The van der Waals surface area contributed by atoms with Gasteiger partial charge in [-0.2, -0.15) is 4.80 Å². The van der Waals surface area contributed by atoms with E-state index in [4.69, 9.17) is 0 Å². The number of aromatic nitrogens is 4. The van der Waals surface area contributed by atoms with Crippen molar-refractivity contribution in [2.45, 2.75) is 6.54 Å². The molecule has 0 saturated heterocycles. The number of hydrogen-bond acceptors (Lipinski definition) is 4. The molecule has 0 spiro atoms. The van der Waals surface area contributed by atoms with E-state index in [1.165, 1.54) is 10.9 Å². The van der Waals surface area contributed by atoms with Crippen LogP contribution in [-0.4, -0.2) is 20.2 Å². The molecule has 0 radical (unpaired) electrons. The normalized spacial score (nSPS) is 10.3. The highest BCUT2D eigenvalue weighted by molar-refractivity contribution is 5.44. The summed E-state index contributed by atoms with van der Waals surface area (Å²) in [6.07, 6.45) is 0. The van der Waals surface area contributed by atoms with Gasteiger partial charge in [0.1, 0.15) is 5.82 Å². The van der Waals surface area contributed by atoms with Crippen molar-refractivity contribution in [3.63, 3.8) is 0 Å². The summed E-state index contributed by atoms with van der Waals surface area (Å²) in [7, 11) is 1.68. The van der Waals surface area contributed by atoms with E-state index in [2.05, 4.69) is 20.7 Å². The van der Waals surface area contributed by atoms with Crippen molar-refractivity contribution >= 4 is 5.69 Å². The minimum absolute atomic E-state index is 0.290. The van der Waals surface area contributed by atoms with E-state index in [0.717, 1.165) is 0 Å². The molecule has 1 aromatic heterocycles. The average molecular weight is 207 g/mol. The Kier molecular flexibility index (Phi) is 2.57. The molecule has 0 aliphatic rings. The lowest BCUT2D eigenvalue weighted by molar-refractivity contribution is 0.626. The largest absolute Gasteiger partial charge is 0.375 e. The van der Waals surface area contributed by atoms with E-state index < -0.39 is 0 Å². The number of halogens is 1. The quantitative estimate of drug-likeness (QED) is 0.814. The van der Waals surface area contributed by atoms with Crippen LogP contribution in [0.4, 0.5) is 10.1 Å². The Hall–Kier alpha value is -1.98. The first-order valence-electron chi connectivity index (χ1n) is 4.47. The fourth-order valence-electron chi connectivity index (χ4n) is 1.17. The number of tetrazole rings is 1. The van der Waals surface area contributed by atoms with Crippen molar-refractivity contribution in [3.8, 4) is 0 Å². The van der Waals surface area contributed by atoms with Gasteiger partial charge in [0.15, 0.2) is 5.82 Å². The standard InChI is InChI=1S/C9H10FN5/c1-15-13-9(12-14-15)6-11-8-5-3-2-4-7(8)10/h2-5,11H,6H2,1H3. The number of hydrogen-bond donors (Lipinski definition) is 1. The van der Waals surface area contributed by atoms with Gasteiger partial charge in [0.25, 0.3) is 0 Å². The zero-order chi connectivity index (χ0) is 10.7. The van der Waals surface area contributed by atoms with Gasteiger partial charge in [-0.15, -0.1) is 10.2 Å². The van der Waals surface area contributed by atoms with Crippen LogP contribution in [0.5, 0.6) is 0 Å². The smallest absolute Gasteiger partial charge is 0.193 e. The Morgan fingerprint density at radius 1 is 1.40 bits per heavy atom. The highest BCUT2D eigenvalue weighted by Gasteiger charge is 2.02. The zero-order valence-electron chi connectivity index (χ0n) is 8.18. The zero-order valence-corrected chi connectivity index (χ0v) is 8.18. The van der Waals surface area contributed by atoms with E-state index in [1.54, 1.807) is 25.2 Å². The molecule has 78 valence electrons. The van der Waals surface area contributed by atoms with Crippen LogP contribution in [0.3, 0.4) is 0 Å². The number of anilines is 1. The molecule has 0 unspecified atom stereocenters. The second-order valence-electron chi connectivity index (χ2n) is 3.03. The number of nitrogens with zero attached hydrogens (tertiary/aromatic N) is 4. The highest BCUT2D eigenvalue weighted by Crippen LogP contribution is 2.12. The summed E-state index contributed by atoms with van der Waals surface area (Å²) in [6, 6.07) is 6.45. The number of nitrogens with one attached hydrogen (secondary N) is 1. The molecule has 2 aromatic rings. The molecule has 0 bridgehead atoms. The number of benzene rings is 1. The summed E-state index contributed by atoms with van der Waals surface area (Å²) < 4.78 is 13.2. The van der Waals surface area contributed by atoms with Crippen molar-refractivity contribution in [2.75, 3.05) is 5.32 Å². The Bertz CT molecular complexity index is 453. The Morgan fingerprint density at radius 3 is 2.87 bits per heavy atom. The highest BCUT2D eigenvalue weighted by atomic mass is 19.1. The Labute approximate surface area is 85.9 Å². The molecule has 15 heavy (non-hydrogen) atoms. The number of rotatable bonds is 3. The first-order valence-corrected chi connectivity index (χ1v) is 4.47. The van der Waals surface area contributed by atoms with Gasteiger partial charge >= 0.3 is 0 Å². The molecule has 1 aromatic carbocycles. The van der Waals surface area contributed by atoms with Crippen LogP contribution in [0.15, 0.2) is 24.3 Å². The van der Waals surface area contributed by atoms with Crippen LogP contribution in [-0.2, 0) is 13.6 Å². The van der Waals surface area contributed by atoms with Gasteiger partial charge in [-0.25, -0.2) is 4.39 Å². The molecular formula is C9H10FN5. The Morgan fingerprint density at radius 2 is 2.20 bits per heavy atom. The molecule has 5 nitrogen and oxygen atoms in total. The molecule has 0 aliphatic carbocycles. The van der Waals surface area contributed by atoms with Crippen LogP contribution in [0, 0.1) is 5.82 Å². The molecule has 1 N–H and O–H groups in total. The van der Waals surface area contributed by atoms with Crippen molar-refractivity contribution in [1.29, 1.82) is 0 Å². The summed E-state index contributed by atoms with van der Waals surface area (Å²) in [5.41, 5.74) is 0.435. The van der Waals surface area contributed by atoms with Crippen LogP contribution >= 0.6 is 0 Å².